The maximum Gasteiger partial charge on any atom is 0.185 e. The van der Waals surface area contributed by atoms with Crippen LogP contribution in [0.4, 0.5) is 0 Å². The SMILES string of the molecule is O=S(=O)(CC[NH+]1CCC[C@H]1c1cccs1)c1cc(Cl)ccc1Cl. The van der Waals surface area contributed by atoms with E-state index in [2.05, 4.69) is 17.5 Å². The summed E-state index contributed by atoms with van der Waals surface area (Å²) >= 11 is 13.7. The van der Waals surface area contributed by atoms with Gasteiger partial charge in [-0.05, 0) is 29.6 Å². The van der Waals surface area contributed by atoms with E-state index in [1.165, 1.54) is 21.9 Å². The van der Waals surface area contributed by atoms with Crippen molar-refractivity contribution in [2.24, 2.45) is 0 Å². The number of hydrogen-bond acceptors (Lipinski definition) is 3. The number of thiophene rings is 1. The lowest BCUT2D eigenvalue weighted by Crippen LogP contribution is -3.10. The fourth-order valence-corrected chi connectivity index (χ4v) is 6.18. The van der Waals surface area contributed by atoms with Gasteiger partial charge in [-0.3, -0.25) is 0 Å². The van der Waals surface area contributed by atoms with Crippen LogP contribution in [0.5, 0.6) is 0 Å². The number of quaternary nitrogens is 1. The highest BCUT2D eigenvalue weighted by molar-refractivity contribution is 7.91. The molecule has 1 aromatic carbocycles. The molecule has 1 saturated heterocycles. The molecule has 1 unspecified atom stereocenters. The molecule has 124 valence electrons. The maximum absolute atomic E-state index is 12.6. The highest BCUT2D eigenvalue weighted by Crippen LogP contribution is 2.26. The van der Waals surface area contributed by atoms with Crippen molar-refractivity contribution in [2.75, 3.05) is 18.8 Å². The number of benzene rings is 1. The number of likely N-dealkylation sites (tertiary alicyclic amines) is 1. The Morgan fingerprint density at radius 1 is 1.26 bits per heavy atom. The third-order valence-electron chi connectivity index (χ3n) is 4.29. The summed E-state index contributed by atoms with van der Waals surface area (Å²) < 4.78 is 25.2. The van der Waals surface area contributed by atoms with Crippen LogP contribution in [-0.4, -0.2) is 27.3 Å². The van der Waals surface area contributed by atoms with Gasteiger partial charge in [-0.2, -0.15) is 0 Å². The van der Waals surface area contributed by atoms with Crippen molar-refractivity contribution in [3.63, 3.8) is 0 Å². The van der Waals surface area contributed by atoms with Crippen molar-refractivity contribution in [3.8, 4) is 0 Å². The summed E-state index contributed by atoms with van der Waals surface area (Å²) in [5.41, 5.74) is 0. The molecule has 7 heteroatoms. The Kier molecular flexibility index (Phi) is 5.33. The van der Waals surface area contributed by atoms with Crippen LogP contribution in [-0.2, 0) is 9.84 Å². The minimum Gasteiger partial charge on any atom is -0.327 e. The van der Waals surface area contributed by atoms with Crippen LogP contribution in [0, 0.1) is 0 Å². The van der Waals surface area contributed by atoms with Gasteiger partial charge in [0.25, 0.3) is 0 Å². The molecule has 3 rings (SSSR count). The molecule has 23 heavy (non-hydrogen) atoms. The van der Waals surface area contributed by atoms with Crippen molar-refractivity contribution in [2.45, 2.75) is 23.8 Å². The molecule has 1 aliphatic rings. The number of nitrogens with one attached hydrogen (secondary N) is 1. The Bertz CT molecular complexity index is 775. The molecule has 0 spiro atoms. The lowest BCUT2D eigenvalue weighted by molar-refractivity contribution is -0.915. The summed E-state index contributed by atoms with van der Waals surface area (Å²) in [6.45, 7) is 1.61. The molecule has 0 bridgehead atoms. The van der Waals surface area contributed by atoms with Crippen molar-refractivity contribution < 1.29 is 13.3 Å². The van der Waals surface area contributed by atoms with Crippen LogP contribution < -0.4 is 4.90 Å². The Balaban J connectivity index is 1.73. The molecular formula is C16H18Cl2NO2S2+. The van der Waals surface area contributed by atoms with Gasteiger partial charge in [0.1, 0.15) is 11.8 Å². The van der Waals surface area contributed by atoms with Gasteiger partial charge < -0.3 is 4.90 Å². The summed E-state index contributed by atoms with van der Waals surface area (Å²) in [7, 11) is -3.43. The molecule has 0 radical (unpaired) electrons. The summed E-state index contributed by atoms with van der Waals surface area (Å²) in [5.74, 6) is 0.0876. The molecule has 2 aromatic rings. The average molecular weight is 391 g/mol. The van der Waals surface area contributed by atoms with E-state index >= 15 is 0 Å². The van der Waals surface area contributed by atoms with Gasteiger partial charge in [0.05, 0.1) is 27.9 Å². The molecule has 1 aliphatic heterocycles. The van der Waals surface area contributed by atoms with E-state index in [0.717, 1.165) is 19.4 Å². The quantitative estimate of drug-likeness (QED) is 0.850. The van der Waals surface area contributed by atoms with Crippen LogP contribution in [0.2, 0.25) is 10.0 Å². The minimum absolute atomic E-state index is 0.0876. The normalized spacial score (nSPS) is 21.7. The topological polar surface area (TPSA) is 38.6 Å². The van der Waals surface area contributed by atoms with Crippen molar-refractivity contribution in [3.05, 3.63) is 50.6 Å². The van der Waals surface area contributed by atoms with Gasteiger partial charge in [0, 0.05) is 17.9 Å². The van der Waals surface area contributed by atoms with Gasteiger partial charge in [-0.25, -0.2) is 8.42 Å². The standard InChI is InChI=1S/C16H17Cl2NO2S2/c17-12-5-6-13(18)16(11-12)23(20,21)10-8-19-7-1-3-14(19)15-4-2-9-22-15/h2,4-6,9,11,14H,1,3,7-8,10H2/p+1/t14-/m0/s1. The van der Waals surface area contributed by atoms with E-state index in [-0.39, 0.29) is 15.7 Å². The van der Waals surface area contributed by atoms with Crippen LogP contribution >= 0.6 is 34.5 Å². The van der Waals surface area contributed by atoms with E-state index in [0.29, 0.717) is 17.6 Å². The van der Waals surface area contributed by atoms with E-state index in [1.807, 2.05) is 0 Å². The smallest absolute Gasteiger partial charge is 0.185 e. The predicted molar refractivity (Wildman–Crippen MR) is 95.5 cm³/mol. The van der Waals surface area contributed by atoms with Crippen LogP contribution in [0.3, 0.4) is 0 Å². The lowest BCUT2D eigenvalue weighted by Gasteiger charge is -2.20. The third kappa shape index (κ3) is 3.91. The molecule has 3 nitrogen and oxygen atoms in total. The first-order valence-corrected chi connectivity index (χ1v) is 10.8. The van der Waals surface area contributed by atoms with Crippen molar-refractivity contribution in [1.29, 1.82) is 0 Å². The second-order valence-electron chi connectivity index (χ2n) is 5.76. The van der Waals surface area contributed by atoms with Crippen molar-refractivity contribution >= 4 is 44.4 Å². The summed E-state index contributed by atoms with van der Waals surface area (Å²) in [6, 6.07) is 9.19. The van der Waals surface area contributed by atoms with E-state index in [4.69, 9.17) is 23.2 Å². The van der Waals surface area contributed by atoms with Gasteiger partial charge in [0.2, 0.25) is 0 Å². The van der Waals surface area contributed by atoms with E-state index in [9.17, 15) is 8.42 Å². The molecule has 0 amide bonds. The molecule has 2 heterocycles. The van der Waals surface area contributed by atoms with Gasteiger partial charge in [-0.1, -0.05) is 29.3 Å². The lowest BCUT2D eigenvalue weighted by atomic mass is 10.2. The van der Waals surface area contributed by atoms with E-state index < -0.39 is 9.84 Å². The Morgan fingerprint density at radius 2 is 2.09 bits per heavy atom. The zero-order chi connectivity index (χ0) is 16.4. The first-order valence-electron chi connectivity index (χ1n) is 7.53. The zero-order valence-corrected chi connectivity index (χ0v) is 15.6. The largest absolute Gasteiger partial charge is 0.327 e. The first kappa shape index (κ1) is 17.2. The molecule has 1 N–H and O–H groups in total. The summed E-state index contributed by atoms with van der Waals surface area (Å²) in [6.07, 6.45) is 2.25. The molecule has 0 aliphatic carbocycles. The van der Waals surface area contributed by atoms with Gasteiger partial charge in [-0.15, -0.1) is 11.3 Å². The highest BCUT2D eigenvalue weighted by atomic mass is 35.5. The van der Waals surface area contributed by atoms with Crippen molar-refractivity contribution in [1.82, 2.24) is 0 Å². The number of halogens is 2. The van der Waals surface area contributed by atoms with Crippen LogP contribution in [0.15, 0.2) is 40.6 Å². The van der Waals surface area contributed by atoms with Gasteiger partial charge in [0.15, 0.2) is 9.84 Å². The second kappa shape index (κ2) is 7.11. The number of rotatable bonds is 5. The first-order chi connectivity index (χ1) is 11.0. The minimum atomic E-state index is -3.43. The maximum atomic E-state index is 12.6. The molecule has 2 atom stereocenters. The molecule has 1 aromatic heterocycles. The van der Waals surface area contributed by atoms with Crippen LogP contribution in [0.1, 0.15) is 23.8 Å². The fourth-order valence-electron chi connectivity index (χ4n) is 3.13. The molecule has 0 saturated carbocycles. The second-order valence-corrected chi connectivity index (χ2v) is 9.66. The summed E-state index contributed by atoms with van der Waals surface area (Å²) in [5, 5.41) is 2.70. The average Bonchev–Trinajstić information content (AvgIpc) is 3.17. The monoisotopic (exact) mass is 390 g/mol. The Labute approximate surface area is 150 Å². The predicted octanol–water partition coefficient (Wildman–Crippen LogP) is 3.25. The Hall–Kier alpha value is -0.590. The summed E-state index contributed by atoms with van der Waals surface area (Å²) in [4.78, 5) is 2.82. The molecule has 1 fully saturated rings. The van der Waals surface area contributed by atoms with E-state index in [1.54, 1.807) is 17.4 Å². The molecular weight excluding hydrogens is 373 g/mol. The highest BCUT2D eigenvalue weighted by Gasteiger charge is 2.32. The van der Waals surface area contributed by atoms with Gasteiger partial charge >= 0.3 is 0 Å². The number of hydrogen-bond donors (Lipinski definition) is 1. The number of sulfone groups is 1. The zero-order valence-electron chi connectivity index (χ0n) is 12.5. The Morgan fingerprint density at radius 3 is 2.83 bits per heavy atom. The van der Waals surface area contributed by atoms with Crippen LogP contribution in [0.25, 0.3) is 0 Å². The fraction of sp³-hybridized carbons (Fsp3) is 0.375. The third-order valence-corrected chi connectivity index (χ3v) is 7.70.